The fraction of sp³-hybridized carbons (Fsp3) is 0.923. The molecule has 2 rings (SSSR count). The zero-order chi connectivity index (χ0) is 12.1. The third-order valence-corrected chi connectivity index (χ3v) is 3.89. The average Bonchev–Trinajstić information content (AvgIpc) is 2.33. The highest BCUT2D eigenvalue weighted by Crippen LogP contribution is 2.21. The van der Waals surface area contributed by atoms with E-state index in [0.717, 1.165) is 51.7 Å². The quantitative estimate of drug-likeness (QED) is 0.781. The van der Waals surface area contributed by atoms with Crippen molar-refractivity contribution in [3.05, 3.63) is 0 Å². The smallest absolute Gasteiger partial charge is 0.220 e. The van der Waals surface area contributed by atoms with Crippen LogP contribution in [0.1, 0.15) is 44.9 Å². The van der Waals surface area contributed by atoms with Gasteiger partial charge in [-0.15, -0.1) is 0 Å². The van der Waals surface area contributed by atoms with Crippen molar-refractivity contribution < 1.29 is 14.6 Å². The fourth-order valence-corrected chi connectivity index (χ4v) is 2.76. The first-order valence-corrected chi connectivity index (χ1v) is 6.81. The van der Waals surface area contributed by atoms with Crippen LogP contribution in [0.5, 0.6) is 0 Å². The van der Waals surface area contributed by atoms with Gasteiger partial charge >= 0.3 is 0 Å². The second-order valence-corrected chi connectivity index (χ2v) is 5.29. The van der Waals surface area contributed by atoms with E-state index in [1.165, 1.54) is 0 Å². The predicted molar refractivity (Wildman–Crippen MR) is 64.6 cm³/mol. The van der Waals surface area contributed by atoms with Crippen molar-refractivity contribution in [2.24, 2.45) is 5.92 Å². The van der Waals surface area contributed by atoms with E-state index in [-0.39, 0.29) is 18.1 Å². The molecule has 0 spiro atoms. The number of carbonyl (C=O) groups excluding carboxylic acids is 1. The number of aliphatic hydroxyl groups is 1. The third kappa shape index (κ3) is 3.96. The van der Waals surface area contributed by atoms with Crippen LogP contribution in [0.25, 0.3) is 0 Å². The van der Waals surface area contributed by atoms with Gasteiger partial charge in [0.2, 0.25) is 5.91 Å². The standard InChI is InChI=1S/C13H23NO3/c15-12-4-2-1-3-11(12)14-13(16)9-10-5-7-17-8-6-10/h10-12,15H,1-9H2,(H,14,16). The molecule has 2 aliphatic rings. The average molecular weight is 241 g/mol. The number of hydrogen-bond donors (Lipinski definition) is 2. The summed E-state index contributed by atoms with van der Waals surface area (Å²) in [7, 11) is 0. The minimum Gasteiger partial charge on any atom is -0.391 e. The van der Waals surface area contributed by atoms with E-state index in [0.29, 0.717) is 12.3 Å². The Labute approximate surface area is 103 Å². The lowest BCUT2D eigenvalue weighted by Crippen LogP contribution is -2.45. The summed E-state index contributed by atoms with van der Waals surface area (Å²) >= 11 is 0. The van der Waals surface area contributed by atoms with Crippen molar-refractivity contribution in [2.45, 2.75) is 57.1 Å². The predicted octanol–water partition coefficient (Wildman–Crippen LogP) is 1.22. The highest BCUT2D eigenvalue weighted by atomic mass is 16.5. The molecule has 1 aliphatic carbocycles. The molecule has 17 heavy (non-hydrogen) atoms. The van der Waals surface area contributed by atoms with Crippen LogP contribution in [-0.4, -0.2) is 36.4 Å². The van der Waals surface area contributed by atoms with E-state index in [9.17, 15) is 9.90 Å². The summed E-state index contributed by atoms with van der Waals surface area (Å²) in [5.74, 6) is 0.562. The number of aliphatic hydroxyl groups excluding tert-OH is 1. The van der Waals surface area contributed by atoms with Crippen molar-refractivity contribution in [1.82, 2.24) is 5.32 Å². The number of amides is 1. The molecule has 1 heterocycles. The SMILES string of the molecule is O=C(CC1CCOCC1)NC1CCCCC1O. The molecule has 1 amide bonds. The maximum absolute atomic E-state index is 11.9. The third-order valence-electron chi connectivity index (χ3n) is 3.89. The van der Waals surface area contributed by atoms with Crippen molar-refractivity contribution in [2.75, 3.05) is 13.2 Å². The summed E-state index contributed by atoms with van der Waals surface area (Å²) in [6.07, 6.45) is 6.14. The Kier molecular flexibility index (Phi) is 4.80. The van der Waals surface area contributed by atoms with Gasteiger partial charge in [-0.2, -0.15) is 0 Å². The molecule has 4 heteroatoms. The molecule has 98 valence electrons. The zero-order valence-corrected chi connectivity index (χ0v) is 10.4. The number of ether oxygens (including phenoxy) is 1. The molecule has 4 nitrogen and oxygen atoms in total. The lowest BCUT2D eigenvalue weighted by Gasteiger charge is -2.29. The molecular formula is C13H23NO3. The summed E-state index contributed by atoms with van der Waals surface area (Å²) in [5.41, 5.74) is 0. The summed E-state index contributed by atoms with van der Waals surface area (Å²) in [6.45, 7) is 1.56. The lowest BCUT2D eigenvalue weighted by molar-refractivity contribution is -0.124. The first-order valence-electron chi connectivity index (χ1n) is 6.81. The summed E-state index contributed by atoms with van der Waals surface area (Å²) in [4.78, 5) is 11.9. The van der Waals surface area contributed by atoms with Gasteiger partial charge in [-0.1, -0.05) is 12.8 Å². The number of rotatable bonds is 3. The van der Waals surface area contributed by atoms with Gasteiger partial charge < -0.3 is 15.2 Å². The molecule has 1 saturated heterocycles. The Bertz CT molecular complexity index is 251. The van der Waals surface area contributed by atoms with E-state index >= 15 is 0 Å². The van der Waals surface area contributed by atoms with Gasteiger partial charge in [0, 0.05) is 19.6 Å². The van der Waals surface area contributed by atoms with Crippen molar-refractivity contribution in [1.29, 1.82) is 0 Å². The molecule has 2 atom stereocenters. The Balaban J connectivity index is 1.72. The van der Waals surface area contributed by atoms with E-state index < -0.39 is 0 Å². The number of hydrogen-bond acceptors (Lipinski definition) is 3. The molecular weight excluding hydrogens is 218 g/mol. The maximum atomic E-state index is 11.9. The highest BCUT2D eigenvalue weighted by molar-refractivity contribution is 5.76. The molecule has 0 aromatic carbocycles. The van der Waals surface area contributed by atoms with Crippen LogP contribution >= 0.6 is 0 Å². The van der Waals surface area contributed by atoms with Crippen LogP contribution in [-0.2, 0) is 9.53 Å². The van der Waals surface area contributed by atoms with Crippen LogP contribution < -0.4 is 5.32 Å². The first-order chi connectivity index (χ1) is 8.25. The second-order valence-electron chi connectivity index (χ2n) is 5.29. The molecule has 0 aromatic rings. The fourth-order valence-electron chi connectivity index (χ4n) is 2.76. The van der Waals surface area contributed by atoms with Gasteiger partial charge in [0.1, 0.15) is 0 Å². The molecule has 0 bridgehead atoms. The first kappa shape index (κ1) is 12.8. The van der Waals surface area contributed by atoms with E-state index in [2.05, 4.69) is 5.32 Å². The normalized spacial score (nSPS) is 31.1. The number of nitrogens with one attached hydrogen (secondary N) is 1. The van der Waals surface area contributed by atoms with Crippen molar-refractivity contribution in [3.8, 4) is 0 Å². The van der Waals surface area contributed by atoms with Gasteiger partial charge in [0.25, 0.3) is 0 Å². The van der Waals surface area contributed by atoms with E-state index in [4.69, 9.17) is 4.74 Å². The minimum atomic E-state index is -0.345. The van der Waals surface area contributed by atoms with E-state index in [1.54, 1.807) is 0 Å². The second kappa shape index (κ2) is 6.36. The van der Waals surface area contributed by atoms with Crippen molar-refractivity contribution in [3.63, 3.8) is 0 Å². The van der Waals surface area contributed by atoms with Gasteiger partial charge in [0.15, 0.2) is 0 Å². The van der Waals surface area contributed by atoms with Crippen LogP contribution in [0.3, 0.4) is 0 Å². The minimum absolute atomic E-state index is 0.0175. The van der Waals surface area contributed by atoms with Crippen LogP contribution in [0.15, 0.2) is 0 Å². The van der Waals surface area contributed by atoms with Gasteiger partial charge in [-0.25, -0.2) is 0 Å². The molecule has 0 aromatic heterocycles. The maximum Gasteiger partial charge on any atom is 0.220 e. The van der Waals surface area contributed by atoms with Crippen LogP contribution in [0, 0.1) is 5.92 Å². The molecule has 2 N–H and O–H groups in total. The molecule has 2 fully saturated rings. The van der Waals surface area contributed by atoms with Gasteiger partial charge in [-0.3, -0.25) is 4.79 Å². The molecule has 1 aliphatic heterocycles. The highest BCUT2D eigenvalue weighted by Gasteiger charge is 2.25. The van der Waals surface area contributed by atoms with Gasteiger partial charge in [0.05, 0.1) is 12.1 Å². The summed E-state index contributed by atoms with van der Waals surface area (Å²) < 4.78 is 5.28. The van der Waals surface area contributed by atoms with E-state index in [1.807, 2.05) is 0 Å². The Hall–Kier alpha value is -0.610. The van der Waals surface area contributed by atoms with Crippen LogP contribution in [0.4, 0.5) is 0 Å². The summed E-state index contributed by atoms with van der Waals surface area (Å²) in [5, 5.41) is 12.8. The Morgan fingerprint density at radius 1 is 1.18 bits per heavy atom. The topological polar surface area (TPSA) is 58.6 Å². The van der Waals surface area contributed by atoms with Gasteiger partial charge in [-0.05, 0) is 31.6 Å². The monoisotopic (exact) mass is 241 g/mol. The zero-order valence-electron chi connectivity index (χ0n) is 10.4. The van der Waals surface area contributed by atoms with Crippen LogP contribution in [0.2, 0.25) is 0 Å². The van der Waals surface area contributed by atoms with Crippen molar-refractivity contribution >= 4 is 5.91 Å². The molecule has 1 saturated carbocycles. The molecule has 0 radical (unpaired) electrons. The Morgan fingerprint density at radius 2 is 1.88 bits per heavy atom. The molecule has 2 unspecified atom stereocenters. The largest absolute Gasteiger partial charge is 0.391 e. The summed E-state index contributed by atoms with van der Waals surface area (Å²) in [6, 6.07) is -0.0175. The Morgan fingerprint density at radius 3 is 2.59 bits per heavy atom. The number of carbonyl (C=O) groups is 1. The lowest BCUT2D eigenvalue weighted by atomic mass is 9.91.